The summed E-state index contributed by atoms with van der Waals surface area (Å²) in [7, 11) is -4.03. The fourth-order valence-electron chi connectivity index (χ4n) is 3.15. The van der Waals surface area contributed by atoms with Gasteiger partial charge in [0.25, 0.3) is 15.6 Å². The number of nitrogens with zero attached hydrogens (tertiary/aromatic N) is 3. The Morgan fingerprint density at radius 2 is 2.00 bits per heavy atom. The summed E-state index contributed by atoms with van der Waals surface area (Å²) in [5, 5.41) is 14.0. The predicted octanol–water partition coefficient (Wildman–Crippen LogP) is 2.01. The van der Waals surface area contributed by atoms with Crippen LogP contribution in [0.15, 0.2) is 56.7 Å². The van der Waals surface area contributed by atoms with E-state index in [1.54, 1.807) is 30.3 Å². The topological polar surface area (TPSA) is 126 Å². The lowest BCUT2D eigenvalue weighted by Crippen LogP contribution is -2.37. The first-order valence-corrected chi connectivity index (χ1v) is 10.6. The number of amidine groups is 1. The quantitative estimate of drug-likeness (QED) is 0.546. The fourth-order valence-corrected chi connectivity index (χ4v) is 4.28. The van der Waals surface area contributed by atoms with Crippen molar-refractivity contribution in [2.24, 2.45) is 4.40 Å². The molecular formula is C19H19N5O4S. The normalized spacial score (nSPS) is 14.7. The van der Waals surface area contributed by atoms with Gasteiger partial charge in [-0.2, -0.15) is 8.42 Å². The first-order chi connectivity index (χ1) is 13.9. The number of aromatic nitrogens is 2. The van der Waals surface area contributed by atoms with E-state index < -0.39 is 15.6 Å². The maximum atomic E-state index is 13.2. The minimum atomic E-state index is -4.03. The highest BCUT2D eigenvalue weighted by Crippen LogP contribution is 2.31. The molecule has 1 aliphatic heterocycles. The molecule has 0 unspecified atom stereocenters. The van der Waals surface area contributed by atoms with Gasteiger partial charge in [0.2, 0.25) is 0 Å². The molecule has 3 heterocycles. The molecule has 0 saturated carbocycles. The van der Waals surface area contributed by atoms with Crippen LogP contribution < -0.4 is 16.3 Å². The Labute approximate surface area is 166 Å². The maximum absolute atomic E-state index is 13.2. The van der Waals surface area contributed by atoms with E-state index in [2.05, 4.69) is 20.1 Å². The molecule has 3 aromatic rings. The van der Waals surface area contributed by atoms with E-state index in [-0.39, 0.29) is 33.4 Å². The molecule has 0 fully saturated rings. The highest BCUT2D eigenvalue weighted by atomic mass is 32.2. The molecule has 2 aromatic heterocycles. The first kappa shape index (κ1) is 18.9. The van der Waals surface area contributed by atoms with Crippen LogP contribution in [0, 0.1) is 0 Å². The molecule has 4 rings (SSSR count). The monoisotopic (exact) mass is 413 g/mol. The van der Waals surface area contributed by atoms with Crippen molar-refractivity contribution in [1.82, 2.24) is 9.66 Å². The van der Waals surface area contributed by atoms with Gasteiger partial charge in [0.15, 0.2) is 11.5 Å². The van der Waals surface area contributed by atoms with E-state index in [0.29, 0.717) is 11.9 Å². The van der Waals surface area contributed by atoms with Crippen molar-refractivity contribution in [2.75, 3.05) is 17.3 Å². The summed E-state index contributed by atoms with van der Waals surface area (Å²) in [5.74, 6) is -0.615. The number of pyridine rings is 2. The Morgan fingerprint density at radius 3 is 2.79 bits per heavy atom. The Kier molecular flexibility index (Phi) is 4.71. The molecule has 0 spiro atoms. The molecule has 1 aliphatic rings. The average Bonchev–Trinajstić information content (AvgIpc) is 2.70. The van der Waals surface area contributed by atoms with Crippen LogP contribution >= 0.6 is 0 Å². The van der Waals surface area contributed by atoms with Crippen molar-refractivity contribution >= 4 is 32.6 Å². The van der Waals surface area contributed by atoms with Gasteiger partial charge in [0.05, 0.1) is 11.1 Å². The number of fused-ring (bicyclic) bond motifs is 2. The lowest BCUT2D eigenvalue weighted by Gasteiger charge is -2.20. The number of hydrogen-bond acceptors (Lipinski definition) is 7. The molecule has 0 amide bonds. The Hall–Kier alpha value is -3.40. The largest absolute Gasteiger partial charge is 0.506 e. The van der Waals surface area contributed by atoms with Crippen LogP contribution in [0.5, 0.6) is 5.75 Å². The lowest BCUT2D eigenvalue weighted by atomic mass is 10.1. The van der Waals surface area contributed by atoms with Crippen molar-refractivity contribution in [3.8, 4) is 5.75 Å². The summed E-state index contributed by atoms with van der Waals surface area (Å²) < 4.78 is 30.2. The second kappa shape index (κ2) is 7.21. The molecule has 1 aromatic carbocycles. The number of nitrogens with one attached hydrogen (secondary N) is 2. The molecular weight excluding hydrogens is 394 g/mol. The Balaban J connectivity index is 1.95. The molecule has 0 radical (unpaired) electrons. The number of sulfonamides is 1. The van der Waals surface area contributed by atoms with Gasteiger partial charge in [-0.05, 0) is 30.7 Å². The number of benzene rings is 1. The lowest BCUT2D eigenvalue weighted by molar-refractivity contribution is 0.478. The highest BCUT2D eigenvalue weighted by molar-refractivity contribution is 7.90. The minimum absolute atomic E-state index is 0.00657. The second-order valence-electron chi connectivity index (χ2n) is 6.54. The predicted molar refractivity (Wildman–Crippen MR) is 111 cm³/mol. The molecule has 29 heavy (non-hydrogen) atoms. The zero-order chi connectivity index (χ0) is 20.6. The third kappa shape index (κ3) is 3.21. The Morgan fingerprint density at radius 1 is 1.21 bits per heavy atom. The van der Waals surface area contributed by atoms with Crippen LogP contribution in [0.4, 0.5) is 5.69 Å². The van der Waals surface area contributed by atoms with Gasteiger partial charge in [-0.3, -0.25) is 4.79 Å². The summed E-state index contributed by atoms with van der Waals surface area (Å²) in [6.45, 7) is 2.53. The van der Waals surface area contributed by atoms with E-state index >= 15 is 0 Å². The first-order valence-electron chi connectivity index (χ1n) is 9.12. The van der Waals surface area contributed by atoms with E-state index in [4.69, 9.17) is 0 Å². The minimum Gasteiger partial charge on any atom is -0.506 e. The van der Waals surface area contributed by atoms with Crippen LogP contribution in [0.25, 0.3) is 11.0 Å². The summed E-state index contributed by atoms with van der Waals surface area (Å²) in [6, 6.07) is 9.46. The standard InChI is InChI=1S/C19H19N5O4S/c1-2-3-11-21-24-18-12(7-6-10-20-18)16(25)15(19(24)26)17-22-13-8-4-5-9-14(13)29(27,28)23-17/h4-10,21,25H,2-3,11H2,1H3,(H,22,23). The fraction of sp³-hybridized carbons (Fsp3) is 0.211. The summed E-state index contributed by atoms with van der Waals surface area (Å²) >= 11 is 0. The third-order valence-electron chi connectivity index (χ3n) is 4.57. The van der Waals surface area contributed by atoms with Gasteiger partial charge < -0.3 is 15.8 Å². The Bertz CT molecular complexity index is 1300. The molecule has 3 N–H and O–H groups in total. The van der Waals surface area contributed by atoms with Gasteiger partial charge in [0, 0.05) is 12.7 Å². The van der Waals surface area contributed by atoms with Crippen molar-refractivity contribution < 1.29 is 13.5 Å². The molecule has 10 heteroatoms. The third-order valence-corrected chi connectivity index (χ3v) is 5.91. The van der Waals surface area contributed by atoms with Crippen molar-refractivity contribution in [2.45, 2.75) is 24.7 Å². The number of aromatic hydroxyl groups is 1. The molecule has 9 nitrogen and oxygen atoms in total. The van der Waals surface area contributed by atoms with Gasteiger partial charge in [-0.1, -0.05) is 25.5 Å². The summed E-state index contributed by atoms with van der Waals surface area (Å²) in [5.41, 5.74) is 2.64. The van der Waals surface area contributed by atoms with Crippen LogP contribution in [0.3, 0.4) is 0 Å². The van der Waals surface area contributed by atoms with E-state index in [0.717, 1.165) is 12.8 Å². The highest BCUT2D eigenvalue weighted by Gasteiger charge is 2.29. The zero-order valence-electron chi connectivity index (χ0n) is 15.6. The van der Waals surface area contributed by atoms with Gasteiger partial charge in [-0.25, -0.2) is 9.66 Å². The second-order valence-corrected chi connectivity index (χ2v) is 8.11. The number of rotatable bonds is 5. The number of anilines is 1. The zero-order valence-corrected chi connectivity index (χ0v) is 16.4. The summed E-state index contributed by atoms with van der Waals surface area (Å²) in [6.07, 6.45) is 3.25. The van der Waals surface area contributed by atoms with Crippen molar-refractivity contribution in [1.29, 1.82) is 0 Å². The average molecular weight is 413 g/mol. The van der Waals surface area contributed by atoms with Crippen molar-refractivity contribution in [3.05, 3.63) is 58.5 Å². The van der Waals surface area contributed by atoms with Crippen molar-refractivity contribution in [3.63, 3.8) is 0 Å². The van der Waals surface area contributed by atoms with Gasteiger partial charge in [-0.15, -0.1) is 4.40 Å². The van der Waals surface area contributed by atoms with Crippen LogP contribution in [0.2, 0.25) is 0 Å². The SMILES string of the molecule is CCCCNn1c(=O)c(C2=NS(=O)(=O)c3ccccc3N2)c(O)c2cccnc21. The molecule has 150 valence electrons. The van der Waals surface area contributed by atoms with Gasteiger partial charge >= 0.3 is 0 Å². The number of hydrogen-bond donors (Lipinski definition) is 3. The van der Waals surface area contributed by atoms with E-state index in [1.165, 1.54) is 16.9 Å². The van der Waals surface area contributed by atoms with Crippen LogP contribution in [0.1, 0.15) is 25.3 Å². The van der Waals surface area contributed by atoms with Crippen LogP contribution in [-0.4, -0.2) is 35.6 Å². The molecule has 0 bridgehead atoms. The summed E-state index contributed by atoms with van der Waals surface area (Å²) in [4.78, 5) is 17.4. The smallest absolute Gasteiger partial charge is 0.286 e. The molecule has 0 aliphatic carbocycles. The van der Waals surface area contributed by atoms with Crippen LogP contribution in [-0.2, 0) is 10.0 Å². The maximum Gasteiger partial charge on any atom is 0.286 e. The van der Waals surface area contributed by atoms with E-state index in [1.807, 2.05) is 6.92 Å². The molecule has 0 saturated heterocycles. The molecule has 0 atom stereocenters. The van der Waals surface area contributed by atoms with E-state index in [9.17, 15) is 18.3 Å². The number of unbranched alkanes of at least 4 members (excludes halogenated alkanes) is 1. The van der Waals surface area contributed by atoms with Gasteiger partial charge in [0.1, 0.15) is 16.2 Å². The number of para-hydroxylation sites is 1.